The Bertz CT molecular complexity index is 1170. The van der Waals surface area contributed by atoms with Crippen molar-refractivity contribution in [2.75, 3.05) is 25.9 Å². The minimum atomic E-state index is -3.18. The molecule has 4 rings (SSSR count). The first kappa shape index (κ1) is 23.9. The molecule has 0 bridgehead atoms. The first-order valence-corrected chi connectivity index (χ1v) is 13.6. The average Bonchev–Trinajstić information content (AvgIpc) is 2.90. The van der Waals surface area contributed by atoms with Crippen LogP contribution in [0, 0.1) is 5.92 Å². The Morgan fingerprint density at radius 1 is 1.24 bits per heavy atom. The van der Waals surface area contributed by atoms with Crippen molar-refractivity contribution < 1.29 is 13.2 Å². The van der Waals surface area contributed by atoms with E-state index in [9.17, 15) is 13.2 Å². The molecule has 6 nitrogen and oxygen atoms in total. The number of hydrogen-bond donors (Lipinski definition) is 1. The number of aromatic nitrogens is 1. The van der Waals surface area contributed by atoms with Crippen molar-refractivity contribution in [2.45, 2.75) is 38.5 Å². The van der Waals surface area contributed by atoms with Gasteiger partial charge in [0.05, 0.1) is 11.9 Å². The molecule has 2 heterocycles. The molecule has 2 aromatic rings. The largest absolute Gasteiger partial charge is 0.356 e. The maximum atomic E-state index is 12.0. The molecule has 1 N–H and O–H groups in total. The van der Waals surface area contributed by atoms with E-state index in [2.05, 4.69) is 23.5 Å². The lowest BCUT2D eigenvalue weighted by molar-refractivity contribution is -0.118. The minimum Gasteiger partial charge on any atom is -0.356 e. The van der Waals surface area contributed by atoms with Gasteiger partial charge in [-0.3, -0.25) is 9.78 Å². The monoisotopic (exact) mass is 487 g/mol. The summed E-state index contributed by atoms with van der Waals surface area (Å²) in [6, 6.07) is 10.1. The van der Waals surface area contributed by atoms with Gasteiger partial charge in [-0.25, -0.2) is 12.7 Å². The molecule has 176 valence electrons. The fourth-order valence-electron chi connectivity index (χ4n) is 5.07. The number of fused-ring (bicyclic) bond motifs is 2. The highest BCUT2D eigenvalue weighted by Gasteiger charge is 2.35. The van der Waals surface area contributed by atoms with Crippen molar-refractivity contribution in [2.24, 2.45) is 5.92 Å². The van der Waals surface area contributed by atoms with Gasteiger partial charge < -0.3 is 5.32 Å². The minimum absolute atomic E-state index is 0.0236. The van der Waals surface area contributed by atoms with Crippen LogP contribution in [0.2, 0.25) is 5.02 Å². The van der Waals surface area contributed by atoms with E-state index in [0.29, 0.717) is 24.7 Å². The first-order chi connectivity index (χ1) is 15.7. The summed E-state index contributed by atoms with van der Waals surface area (Å²) in [4.78, 5) is 16.1. The summed E-state index contributed by atoms with van der Waals surface area (Å²) < 4.78 is 25.6. The molecule has 1 aliphatic carbocycles. The summed E-state index contributed by atoms with van der Waals surface area (Å²) >= 11 is 6.39. The molecule has 8 heteroatoms. The quantitative estimate of drug-likeness (QED) is 0.616. The van der Waals surface area contributed by atoms with Crippen LogP contribution in [0.5, 0.6) is 0 Å². The Balaban J connectivity index is 1.71. The van der Waals surface area contributed by atoms with Gasteiger partial charge in [-0.1, -0.05) is 29.8 Å². The summed E-state index contributed by atoms with van der Waals surface area (Å²) in [5.74, 6) is 0.326. The van der Waals surface area contributed by atoms with E-state index in [-0.39, 0.29) is 17.7 Å². The normalized spacial score (nSPS) is 19.2. The molecule has 1 aromatic heterocycles. The first-order valence-electron chi connectivity index (χ1n) is 11.4. The second-order valence-corrected chi connectivity index (χ2v) is 11.4. The number of carbonyl (C=O) groups is 1. The third-order valence-corrected chi connectivity index (χ3v) is 8.17. The maximum Gasteiger partial charge on any atom is 0.216 e. The van der Waals surface area contributed by atoms with Crippen molar-refractivity contribution in [3.8, 4) is 0 Å². The second-order valence-electron chi connectivity index (χ2n) is 8.94. The highest BCUT2D eigenvalue weighted by Crippen LogP contribution is 2.45. The van der Waals surface area contributed by atoms with E-state index in [0.717, 1.165) is 42.5 Å². The Labute approximate surface area is 201 Å². The molecule has 2 aliphatic rings. The van der Waals surface area contributed by atoms with Gasteiger partial charge in [-0.15, -0.1) is 0 Å². The number of carbonyl (C=O) groups excluding carboxylic acids is 1. The number of piperidine rings is 1. The molecule has 0 radical (unpaired) electrons. The van der Waals surface area contributed by atoms with Crippen LogP contribution in [0.25, 0.3) is 11.6 Å². The number of halogens is 1. The summed E-state index contributed by atoms with van der Waals surface area (Å²) in [6.07, 6.45) is 8.54. The molecule has 1 fully saturated rings. The molecule has 1 atom stereocenters. The predicted molar refractivity (Wildman–Crippen MR) is 132 cm³/mol. The van der Waals surface area contributed by atoms with E-state index in [4.69, 9.17) is 16.6 Å². The van der Waals surface area contributed by atoms with E-state index >= 15 is 0 Å². The molecular formula is C25H30ClN3O3S. The summed E-state index contributed by atoms with van der Waals surface area (Å²) in [6.45, 7) is 3.21. The standard InChI is InChI=1S/C25H30ClN3O3S/c1-17(30)27-11-3-5-19-15-20-16-21(26)7-8-22(20)24(25-23(19)6-4-12-28-25)18-9-13-29(14-10-18)33(2,31)32/h4,6-8,12,15-16,18,24H,3,5,9-11,13-14H2,1-2H3,(H,27,30). The van der Waals surface area contributed by atoms with Gasteiger partial charge in [0.15, 0.2) is 0 Å². The zero-order chi connectivity index (χ0) is 23.6. The van der Waals surface area contributed by atoms with Crippen LogP contribution >= 0.6 is 11.6 Å². The average molecular weight is 488 g/mol. The predicted octanol–water partition coefficient (Wildman–Crippen LogP) is 4.31. The maximum absolute atomic E-state index is 12.0. The van der Waals surface area contributed by atoms with Crippen LogP contribution in [0.3, 0.4) is 0 Å². The number of pyridine rings is 1. The van der Waals surface area contributed by atoms with Gasteiger partial charge in [0.2, 0.25) is 15.9 Å². The van der Waals surface area contributed by atoms with Gasteiger partial charge in [0.25, 0.3) is 0 Å². The van der Waals surface area contributed by atoms with E-state index in [1.54, 1.807) is 4.31 Å². The molecule has 1 saturated heterocycles. The molecular weight excluding hydrogens is 458 g/mol. The highest BCUT2D eigenvalue weighted by atomic mass is 35.5. The van der Waals surface area contributed by atoms with Crippen LogP contribution in [0.1, 0.15) is 60.9 Å². The van der Waals surface area contributed by atoms with Crippen LogP contribution in [0.4, 0.5) is 0 Å². The van der Waals surface area contributed by atoms with Gasteiger partial charge in [0.1, 0.15) is 0 Å². The van der Waals surface area contributed by atoms with Crippen molar-refractivity contribution >= 4 is 39.2 Å². The van der Waals surface area contributed by atoms with Gasteiger partial charge in [-0.2, -0.15) is 0 Å². The Kier molecular flexibility index (Phi) is 7.22. The van der Waals surface area contributed by atoms with Crippen molar-refractivity contribution in [1.29, 1.82) is 0 Å². The number of benzene rings is 1. The number of hydrogen-bond acceptors (Lipinski definition) is 4. The smallest absolute Gasteiger partial charge is 0.216 e. The van der Waals surface area contributed by atoms with Crippen LogP contribution < -0.4 is 5.32 Å². The molecule has 0 saturated carbocycles. The van der Waals surface area contributed by atoms with Gasteiger partial charge in [0, 0.05) is 43.7 Å². The lowest BCUT2D eigenvalue weighted by Gasteiger charge is -2.35. The molecule has 1 amide bonds. The number of amides is 1. The van der Waals surface area contributed by atoms with Crippen LogP contribution in [0.15, 0.2) is 36.5 Å². The number of nitrogens with one attached hydrogen (secondary N) is 1. The van der Waals surface area contributed by atoms with Crippen molar-refractivity contribution in [3.05, 3.63) is 63.9 Å². The fourth-order valence-corrected chi connectivity index (χ4v) is 6.13. The summed E-state index contributed by atoms with van der Waals surface area (Å²) in [5.41, 5.74) is 5.63. The zero-order valence-corrected chi connectivity index (χ0v) is 20.6. The Hall–Kier alpha value is -2.22. The zero-order valence-electron chi connectivity index (χ0n) is 19.1. The molecule has 0 spiro atoms. The van der Waals surface area contributed by atoms with Crippen molar-refractivity contribution in [1.82, 2.24) is 14.6 Å². The van der Waals surface area contributed by atoms with Gasteiger partial charge >= 0.3 is 0 Å². The lowest BCUT2D eigenvalue weighted by atomic mass is 9.76. The topological polar surface area (TPSA) is 79.4 Å². The Morgan fingerprint density at radius 2 is 2.00 bits per heavy atom. The van der Waals surface area contributed by atoms with Crippen LogP contribution in [-0.2, 0) is 14.8 Å². The molecule has 33 heavy (non-hydrogen) atoms. The van der Waals surface area contributed by atoms with E-state index in [1.807, 2.05) is 24.4 Å². The third-order valence-electron chi connectivity index (χ3n) is 6.63. The highest BCUT2D eigenvalue weighted by molar-refractivity contribution is 7.88. The molecule has 1 aromatic carbocycles. The second kappa shape index (κ2) is 9.95. The number of sulfonamides is 1. The Morgan fingerprint density at radius 3 is 2.70 bits per heavy atom. The number of allylic oxidation sites excluding steroid dienone is 1. The molecule has 1 aliphatic heterocycles. The van der Waals surface area contributed by atoms with Crippen LogP contribution in [-0.4, -0.2) is 49.5 Å². The fraction of sp³-hybridized carbons (Fsp3) is 0.440. The third kappa shape index (κ3) is 5.48. The molecule has 1 unspecified atom stereocenters. The van der Waals surface area contributed by atoms with E-state index < -0.39 is 10.0 Å². The summed E-state index contributed by atoms with van der Waals surface area (Å²) in [7, 11) is -3.18. The van der Waals surface area contributed by atoms with Crippen molar-refractivity contribution in [3.63, 3.8) is 0 Å². The van der Waals surface area contributed by atoms with Gasteiger partial charge in [-0.05, 0) is 72.1 Å². The number of rotatable bonds is 6. The number of nitrogens with zero attached hydrogens (tertiary/aromatic N) is 2. The van der Waals surface area contributed by atoms with E-state index in [1.165, 1.54) is 24.3 Å². The summed E-state index contributed by atoms with van der Waals surface area (Å²) in [5, 5.41) is 3.56. The lowest BCUT2D eigenvalue weighted by Crippen LogP contribution is -2.39. The SMILES string of the molecule is CC(=O)NCCCC1=Cc2cc(Cl)ccc2C(C2CCN(S(C)(=O)=O)CC2)c2ncccc21.